The maximum atomic E-state index is 4.00. The van der Waals surface area contributed by atoms with E-state index in [1.54, 1.807) is 0 Å². The van der Waals surface area contributed by atoms with E-state index < -0.39 is 0 Å². The summed E-state index contributed by atoms with van der Waals surface area (Å²) in [4.78, 5) is 0. The maximum Gasteiger partial charge on any atom is -0.0225 e. The molecule has 2 aromatic rings. The molecule has 0 bridgehead atoms. The molecular formula is C30H44. The van der Waals surface area contributed by atoms with E-state index in [1.807, 2.05) is 6.92 Å². The van der Waals surface area contributed by atoms with Crippen LogP contribution in [-0.2, 0) is 6.42 Å². The average molecular weight is 405 g/mol. The first-order valence-electron chi connectivity index (χ1n) is 11.2. The van der Waals surface area contributed by atoms with Crippen molar-refractivity contribution in [1.29, 1.82) is 0 Å². The lowest BCUT2D eigenvalue weighted by Crippen LogP contribution is -1.82. The Morgan fingerprint density at radius 1 is 0.867 bits per heavy atom. The van der Waals surface area contributed by atoms with Crippen LogP contribution >= 0.6 is 0 Å². The van der Waals surface area contributed by atoms with Gasteiger partial charge in [-0.05, 0) is 68.0 Å². The van der Waals surface area contributed by atoms with Crippen LogP contribution in [0.1, 0.15) is 89.5 Å². The third-order valence-electron chi connectivity index (χ3n) is 4.84. The predicted octanol–water partition coefficient (Wildman–Crippen LogP) is 9.54. The summed E-state index contributed by atoms with van der Waals surface area (Å²) in [6.07, 6.45) is 16.8. The average Bonchev–Trinajstić information content (AvgIpc) is 2.79. The van der Waals surface area contributed by atoms with Crippen molar-refractivity contribution in [3.05, 3.63) is 83.4 Å². The van der Waals surface area contributed by atoms with Gasteiger partial charge in [-0.2, -0.15) is 0 Å². The van der Waals surface area contributed by atoms with Crippen molar-refractivity contribution in [3.8, 4) is 12.8 Å². The summed E-state index contributed by atoms with van der Waals surface area (Å²) in [7, 11) is 0. The van der Waals surface area contributed by atoms with Gasteiger partial charge in [-0.25, -0.2) is 0 Å². The Morgan fingerprint density at radius 3 is 1.80 bits per heavy atom. The van der Waals surface area contributed by atoms with Gasteiger partial charge < -0.3 is 0 Å². The van der Waals surface area contributed by atoms with E-state index >= 15 is 0 Å². The van der Waals surface area contributed by atoms with E-state index in [0.717, 1.165) is 12.0 Å². The van der Waals surface area contributed by atoms with Crippen LogP contribution in [0.2, 0.25) is 0 Å². The monoisotopic (exact) mass is 404 g/mol. The number of unbranched alkanes of at least 4 members (excludes halogenated alkanes) is 3. The molecule has 0 aliphatic heterocycles. The first-order valence-corrected chi connectivity index (χ1v) is 11.2. The van der Waals surface area contributed by atoms with Crippen LogP contribution in [-0.4, -0.2) is 0 Å². The van der Waals surface area contributed by atoms with Crippen LogP contribution in [0.15, 0.2) is 61.2 Å². The van der Waals surface area contributed by atoms with E-state index in [9.17, 15) is 0 Å². The SMILES string of the molecule is C#C.C=C(C)c1cccc(/C(C)=C/C)c1.CCCCCC.CCc1ccccc1C. The van der Waals surface area contributed by atoms with Crippen LogP contribution in [0, 0.1) is 19.8 Å². The second-order valence-corrected chi connectivity index (χ2v) is 7.32. The maximum absolute atomic E-state index is 4.00. The smallest absolute Gasteiger partial charge is 0.0225 e. The van der Waals surface area contributed by atoms with Crippen LogP contribution in [0.3, 0.4) is 0 Å². The lowest BCUT2D eigenvalue weighted by Gasteiger charge is -2.04. The highest BCUT2D eigenvalue weighted by atomic mass is 14.0. The highest BCUT2D eigenvalue weighted by Crippen LogP contribution is 2.18. The van der Waals surface area contributed by atoms with Gasteiger partial charge in [0.1, 0.15) is 0 Å². The summed E-state index contributed by atoms with van der Waals surface area (Å²) in [6.45, 7) is 18.9. The van der Waals surface area contributed by atoms with Crippen molar-refractivity contribution >= 4 is 11.1 Å². The predicted molar refractivity (Wildman–Crippen MR) is 141 cm³/mol. The third-order valence-corrected chi connectivity index (χ3v) is 4.84. The number of rotatable bonds is 6. The Morgan fingerprint density at radius 2 is 1.40 bits per heavy atom. The van der Waals surface area contributed by atoms with Crippen LogP contribution in [0.4, 0.5) is 0 Å². The van der Waals surface area contributed by atoms with Crippen molar-refractivity contribution in [2.45, 2.75) is 80.6 Å². The molecule has 0 aliphatic rings. The molecule has 0 N–H and O–H groups in total. The Kier molecular flexibility index (Phi) is 19.6. The van der Waals surface area contributed by atoms with Gasteiger partial charge in [0.05, 0.1) is 0 Å². The van der Waals surface area contributed by atoms with E-state index in [1.165, 1.54) is 53.5 Å². The topological polar surface area (TPSA) is 0 Å². The minimum absolute atomic E-state index is 1.12. The summed E-state index contributed by atoms with van der Waals surface area (Å²) < 4.78 is 0. The van der Waals surface area contributed by atoms with Crippen LogP contribution < -0.4 is 0 Å². The molecule has 0 heteroatoms. The Balaban J connectivity index is 0. The Bertz CT molecular complexity index is 739. The fourth-order valence-electron chi connectivity index (χ4n) is 2.70. The summed E-state index contributed by atoms with van der Waals surface area (Å²) >= 11 is 0. The molecule has 0 unspecified atom stereocenters. The van der Waals surface area contributed by atoms with Crippen molar-refractivity contribution in [2.75, 3.05) is 0 Å². The number of benzene rings is 2. The fourth-order valence-corrected chi connectivity index (χ4v) is 2.70. The molecule has 0 aliphatic carbocycles. The molecule has 0 aromatic heterocycles. The Labute approximate surface area is 188 Å². The first kappa shape index (κ1) is 29.7. The van der Waals surface area contributed by atoms with Crippen molar-refractivity contribution in [2.24, 2.45) is 0 Å². The quantitative estimate of drug-likeness (QED) is 0.332. The number of aryl methyl sites for hydroxylation is 2. The Hall–Kier alpha value is -2.52. The normalized spacial score (nSPS) is 9.70. The molecule has 30 heavy (non-hydrogen) atoms. The molecule has 0 nitrogen and oxygen atoms in total. The number of hydrogen-bond acceptors (Lipinski definition) is 0. The molecule has 0 saturated carbocycles. The molecule has 2 aromatic carbocycles. The van der Waals surface area contributed by atoms with Gasteiger partial charge in [0.25, 0.3) is 0 Å². The second kappa shape index (κ2) is 19.8. The largest absolute Gasteiger partial charge is 0.124 e. The molecule has 0 heterocycles. The summed E-state index contributed by atoms with van der Waals surface area (Å²) in [5.74, 6) is 0. The minimum Gasteiger partial charge on any atom is -0.124 e. The summed E-state index contributed by atoms with van der Waals surface area (Å²) in [5.41, 5.74) is 7.79. The molecule has 0 fully saturated rings. The standard InChI is InChI=1S/C13H16.C9H12.C6H14.C2H2/c1-5-11(4)13-8-6-7-12(9-13)10(2)3;1-3-9-7-5-4-6-8(9)2;1-3-5-6-4-2;1-2/h5-9H,2H2,1,3-4H3;4-7H,3H2,1-2H3;3-6H2,1-2H3;1-2H/b11-5+;;;. The van der Waals surface area contributed by atoms with Gasteiger partial charge in [0.2, 0.25) is 0 Å². The lowest BCUT2D eigenvalue weighted by atomic mass is 10.0. The van der Waals surface area contributed by atoms with Gasteiger partial charge in [-0.15, -0.1) is 12.8 Å². The van der Waals surface area contributed by atoms with E-state index in [-0.39, 0.29) is 0 Å². The van der Waals surface area contributed by atoms with Crippen LogP contribution in [0.25, 0.3) is 11.1 Å². The highest BCUT2D eigenvalue weighted by molar-refractivity contribution is 5.69. The second-order valence-electron chi connectivity index (χ2n) is 7.32. The van der Waals surface area contributed by atoms with Crippen molar-refractivity contribution in [3.63, 3.8) is 0 Å². The van der Waals surface area contributed by atoms with Crippen LogP contribution in [0.5, 0.6) is 0 Å². The fraction of sp³-hybridized carbons (Fsp3) is 0.400. The highest BCUT2D eigenvalue weighted by Gasteiger charge is 1.97. The van der Waals surface area contributed by atoms with E-state index in [4.69, 9.17) is 0 Å². The zero-order valence-electron chi connectivity index (χ0n) is 20.6. The first-order chi connectivity index (χ1) is 14.4. The van der Waals surface area contributed by atoms with Gasteiger partial charge in [-0.1, -0.05) is 107 Å². The van der Waals surface area contributed by atoms with Gasteiger partial charge >= 0.3 is 0 Å². The molecule has 0 radical (unpaired) electrons. The molecule has 0 atom stereocenters. The molecule has 164 valence electrons. The van der Waals surface area contributed by atoms with Gasteiger partial charge in [-0.3, -0.25) is 0 Å². The zero-order valence-corrected chi connectivity index (χ0v) is 20.6. The number of terminal acetylenes is 1. The lowest BCUT2D eigenvalue weighted by molar-refractivity contribution is 0.702. The zero-order chi connectivity index (χ0) is 23.4. The molecular weight excluding hydrogens is 360 g/mol. The van der Waals surface area contributed by atoms with E-state index in [0.29, 0.717) is 0 Å². The molecule has 0 amide bonds. The van der Waals surface area contributed by atoms with Gasteiger partial charge in [0.15, 0.2) is 0 Å². The number of allylic oxidation sites excluding steroid dienone is 3. The number of hydrogen-bond donors (Lipinski definition) is 0. The van der Waals surface area contributed by atoms with Gasteiger partial charge in [0, 0.05) is 0 Å². The molecule has 2 rings (SSSR count). The van der Waals surface area contributed by atoms with E-state index in [2.05, 4.69) is 116 Å². The summed E-state index contributed by atoms with van der Waals surface area (Å²) in [5, 5.41) is 0. The minimum atomic E-state index is 1.12. The molecule has 0 spiro atoms. The summed E-state index contributed by atoms with van der Waals surface area (Å²) in [6, 6.07) is 17.0. The molecule has 0 saturated heterocycles. The third kappa shape index (κ3) is 13.6. The van der Waals surface area contributed by atoms with Crippen molar-refractivity contribution < 1.29 is 0 Å². The van der Waals surface area contributed by atoms with Crippen molar-refractivity contribution in [1.82, 2.24) is 0 Å².